The number of benzene rings is 1. The van der Waals surface area contributed by atoms with E-state index >= 15 is 0 Å². The molecule has 0 bridgehead atoms. The molecule has 0 unspecified atom stereocenters. The lowest BCUT2D eigenvalue weighted by molar-refractivity contribution is -0.219. The molecular formula is C13H16F3NO. The van der Waals surface area contributed by atoms with E-state index in [-0.39, 0.29) is 0 Å². The first-order chi connectivity index (χ1) is 8.48. The molecule has 0 saturated carbocycles. The summed E-state index contributed by atoms with van der Waals surface area (Å²) in [6.07, 6.45) is -5.69. The highest BCUT2D eigenvalue weighted by Crippen LogP contribution is 2.31. The van der Waals surface area contributed by atoms with Crippen molar-refractivity contribution in [2.24, 2.45) is 0 Å². The number of aliphatic hydroxyl groups excluding tert-OH is 1. The Morgan fingerprint density at radius 1 is 1.28 bits per heavy atom. The molecule has 1 saturated heterocycles. The van der Waals surface area contributed by atoms with Gasteiger partial charge < -0.3 is 5.11 Å². The van der Waals surface area contributed by atoms with Crippen LogP contribution in [0.15, 0.2) is 30.3 Å². The third-order valence-electron chi connectivity index (χ3n) is 3.34. The zero-order valence-electron chi connectivity index (χ0n) is 9.90. The summed E-state index contributed by atoms with van der Waals surface area (Å²) in [5.74, 6) is 0. The van der Waals surface area contributed by atoms with E-state index in [2.05, 4.69) is 0 Å². The second kappa shape index (κ2) is 5.28. The second-order valence-electron chi connectivity index (χ2n) is 4.65. The second-order valence-corrected chi connectivity index (χ2v) is 4.65. The minimum Gasteiger partial charge on any atom is -0.382 e. The topological polar surface area (TPSA) is 23.5 Å². The summed E-state index contributed by atoms with van der Waals surface area (Å²) in [4.78, 5) is 1.72. The van der Waals surface area contributed by atoms with Crippen LogP contribution >= 0.6 is 0 Å². The number of hydrogen-bond acceptors (Lipinski definition) is 2. The Morgan fingerprint density at radius 3 is 2.56 bits per heavy atom. The number of likely N-dealkylation sites (tertiary alicyclic amines) is 1. The first kappa shape index (κ1) is 13.4. The Morgan fingerprint density at radius 2 is 1.94 bits per heavy atom. The van der Waals surface area contributed by atoms with Crippen molar-refractivity contribution >= 4 is 0 Å². The lowest BCUT2D eigenvalue weighted by Crippen LogP contribution is -2.46. The van der Waals surface area contributed by atoms with Crippen LogP contribution in [0.3, 0.4) is 0 Å². The van der Waals surface area contributed by atoms with Gasteiger partial charge in [0.05, 0.1) is 0 Å². The van der Waals surface area contributed by atoms with E-state index < -0.39 is 18.3 Å². The van der Waals surface area contributed by atoms with E-state index in [9.17, 15) is 18.3 Å². The summed E-state index contributed by atoms with van der Waals surface area (Å²) in [6.45, 7) is 1.06. The van der Waals surface area contributed by atoms with Gasteiger partial charge in [-0.25, -0.2) is 0 Å². The third kappa shape index (κ3) is 3.03. The molecule has 0 amide bonds. The molecule has 0 aliphatic carbocycles. The maximum atomic E-state index is 12.5. The first-order valence-electron chi connectivity index (χ1n) is 6.01. The number of nitrogens with zero attached hydrogens (tertiary/aromatic N) is 1. The van der Waals surface area contributed by atoms with Gasteiger partial charge in [-0.2, -0.15) is 13.2 Å². The van der Waals surface area contributed by atoms with Crippen LogP contribution in [0.4, 0.5) is 13.2 Å². The van der Waals surface area contributed by atoms with E-state index in [1.807, 2.05) is 30.3 Å². The van der Waals surface area contributed by atoms with E-state index in [0.29, 0.717) is 25.9 Å². The zero-order valence-corrected chi connectivity index (χ0v) is 9.90. The summed E-state index contributed by atoms with van der Waals surface area (Å²) >= 11 is 0. The molecule has 0 spiro atoms. The largest absolute Gasteiger partial charge is 0.415 e. The number of halogens is 3. The highest BCUT2D eigenvalue weighted by atomic mass is 19.4. The van der Waals surface area contributed by atoms with Gasteiger partial charge in [-0.1, -0.05) is 30.3 Å². The van der Waals surface area contributed by atoms with Gasteiger partial charge in [-0.05, 0) is 24.9 Å². The maximum Gasteiger partial charge on any atom is 0.415 e. The van der Waals surface area contributed by atoms with Gasteiger partial charge in [-0.3, -0.25) is 4.90 Å². The van der Waals surface area contributed by atoms with Gasteiger partial charge in [0.2, 0.25) is 0 Å². The zero-order chi connectivity index (χ0) is 13.2. The molecule has 2 rings (SSSR count). The Kier molecular flexibility index (Phi) is 3.92. The smallest absolute Gasteiger partial charge is 0.382 e. The van der Waals surface area contributed by atoms with Crippen LogP contribution in [0.25, 0.3) is 0 Å². The number of rotatable bonds is 3. The van der Waals surface area contributed by atoms with Crippen LogP contribution in [0.1, 0.15) is 18.4 Å². The van der Waals surface area contributed by atoms with Crippen LogP contribution < -0.4 is 0 Å². The van der Waals surface area contributed by atoms with Crippen LogP contribution in [0.2, 0.25) is 0 Å². The summed E-state index contributed by atoms with van der Waals surface area (Å²) in [5, 5.41) is 9.37. The van der Waals surface area contributed by atoms with Crippen molar-refractivity contribution in [2.75, 3.05) is 6.54 Å². The first-order valence-corrected chi connectivity index (χ1v) is 6.01. The summed E-state index contributed by atoms with van der Waals surface area (Å²) in [7, 11) is 0. The molecule has 0 aromatic heterocycles. The highest BCUT2D eigenvalue weighted by Gasteiger charge is 2.46. The summed E-state index contributed by atoms with van der Waals surface area (Å²) in [6, 6.07) is 8.55. The van der Waals surface area contributed by atoms with Crippen molar-refractivity contribution < 1.29 is 18.3 Å². The Balaban J connectivity index is 2.04. The molecule has 5 heteroatoms. The molecule has 18 heavy (non-hydrogen) atoms. The van der Waals surface area contributed by atoms with Gasteiger partial charge in [0, 0.05) is 12.6 Å². The molecule has 1 fully saturated rings. The van der Waals surface area contributed by atoms with Crippen LogP contribution in [-0.4, -0.2) is 34.9 Å². The number of alkyl halides is 3. The summed E-state index contributed by atoms with van der Waals surface area (Å²) < 4.78 is 37.6. The van der Waals surface area contributed by atoms with Crippen molar-refractivity contribution in [1.29, 1.82) is 0 Å². The Bertz CT molecular complexity index is 380. The van der Waals surface area contributed by atoms with Crippen molar-refractivity contribution in [1.82, 2.24) is 4.90 Å². The molecular weight excluding hydrogens is 243 g/mol. The van der Waals surface area contributed by atoms with E-state index in [1.165, 1.54) is 0 Å². The monoisotopic (exact) mass is 259 g/mol. The quantitative estimate of drug-likeness (QED) is 0.901. The van der Waals surface area contributed by atoms with Crippen molar-refractivity contribution in [3.05, 3.63) is 35.9 Å². The van der Waals surface area contributed by atoms with Crippen molar-refractivity contribution in [3.63, 3.8) is 0 Å². The number of hydrogen-bond donors (Lipinski definition) is 1. The van der Waals surface area contributed by atoms with E-state index in [4.69, 9.17) is 0 Å². The molecule has 0 radical (unpaired) electrons. The molecule has 1 N–H and O–H groups in total. The molecule has 2 atom stereocenters. The summed E-state index contributed by atoms with van der Waals surface area (Å²) in [5.41, 5.74) is 0.971. The molecule has 2 nitrogen and oxygen atoms in total. The fourth-order valence-corrected chi connectivity index (χ4v) is 2.44. The molecule has 100 valence electrons. The average Bonchev–Trinajstić information content (AvgIpc) is 2.76. The van der Waals surface area contributed by atoms with Crippen molar-refractivity contribution in [3.8, 4) is 0 Å². The van der Waals surface area contributed by atoms with Gasteiger partial charge in [-0.15, -0.1) is 0 Å². The van der Waals surface area contributed by atoms with Gasteiger partial charge in [0.1, 0.15) is 0 Å². The molecule has 1 aliphatic heterocycles. The normalized spacial score (nSPS) is 23.2. The minimum atomic E-state index is -4.54. The molecule has 1 aliphatic rings. The van der Waals surface area contributed by atoms with E-state index in [0.717, 1.165) is 5.56 Å². The van der Waals surface area contributed by atoms with Gasteiger partial charge in [0.25, 0.3) is 0 Å². The van der Waals surface area contributed by atoms with E-state index in [1.54, 1.807) is 4.90 Å². The predicted octanol–water partition coefficient (Wildman–Crippen LogP) is 2.57. The Labute approximate surface area is 104 Å². The molecule has 1 aromatic rings. The third-order valence-corrected chi connectivity index (χ3v) is 3.34. The van der Waals surface area contributed by atoms with Crippen molar-refractivity contribution in [2.45, 2.75) is 37.7 Å². The van der Waals surface area contributed by atoms with Crippen LogP contribution in [-0.2, 0) is 6.54 Å². The molecule has 1 aromatic carbocycles. The SMILES string of the molecule is O[C@@H]([C@@H]1CCCN1Cc1ccccc1)C(F)(F)F. The molecule has 1 heterocycles. The highest BCUT2D eigenvalue weighted by molar-refractivity contribution is 5.15. The predicted molar refractivity (Wildman–Crippen MR) is 61.9 cm³/mol. The minimum absolute atomic E-state index is 0.396. The van der Waals surface area contributed by atoms with Crippen LogP contribution in [0, 0.1) is 0 Å². The van der Waals surface area contributed by atoms with Gasteiger partial charge in [0.15, 0.2) is 6.10 Å². The standard InChI is InChI=1S/C13H16F3NO/c14-13(15,16)12(18)11-7-4-8-17(11)9-10-5-2-1-3-6-10/h1-3,5-6,11-12,18H,4,7-9H2/t11-,12-/m0/s1. The lowest BCUT2D eigenvalue weighted by Gasteiger charge is -2.29. The average molecular weight is 259 g/mol. The maximum absolute atomic E-state index is 12.5. The van der Waals surface area contributed by atoms with Crippen LogP contribution in [0.5, 0.6) is 0 Å². The van der Waals surface area contributed by atoms with Gasteiger partial charge >= 0.3 is 6.18 Å². The lowest BCUT2D eigenvalue weighted by atomic mass is 10.1. The Hall–Kier alpha value is -1.07. The fourth-order valence-electron chi connectivity index (χ4n) is 2.44. The fraction of sp³-hybridized carbons (Fsp3) is 0.538. The number of aliphatic hydroxyl groups is 1.